The number of nitrogens with one attached hydrogen (secondary N) is 1. The molecule has 3 atom stereocenters. The number of benzene rings is 2. The summed E-state index contributed by atoms with van der Waals surface area (Å²) in [6, 6.07) is 20.1. The molecule has 31 heavy (non-hydrogen) atoms. The zero-order valence-electron chi connectivity index (χ0n) is 16.4. The van der Waals surface area contributed by atoms with Gasteiger partial charge < -0.3 is 15.5 Å². The lowest BCUT2D eigenvalue weighted by Gasteiger charge is -2.50. The molecule has 0 aliphatic carbocycles. The van der Waals surface area contributed by atoms with Crippen LogP contribution in [-0.4, -0.2) is 39.4 Å². The molecule has 2 heterocycles. The highest BCUT2D eigenvalue weighted by Gasteiger charge is 2.54. The molecule has 8 heteroatoms. The molecule has 1 aromatic heterocycles. The number of aliphatic hydroxyl groups excluding tert-OH is 1. The third kappa shape index (κ3) is 4.44. The van der Waals surface area contributed by atoms with Gasteiger partial charge in [0.05, 0.1) is 10.4 Å². The average molecular weight is 457 g/mol. The molecule has 160 valence electrons. The van der Waals surface area contributed by atoms with Gasteiger partial charge in [-0.25, -0.2) is 9.59 Å². The standard InChI is InChI=1S/C23H21ClN2O4S/c24-18-12-11-16(31-18)13-17-20(22(28)29)26(21(17)27)23(30)25-19(14-7-3-1-4-8-14)15-9-5-2-6-10-15/h1-12,17,19-21,27H,13H2,(H,25,30)(H,28,29)/t17-,20+,21?/m1/s1. The van der Waals surface area contributed by atoms with Crippen LogP contribution in [0.1, 0.15) is 22.0 Å². The summed E-state index contributed by atoms with van der Waals surface area (Å²) in [7, 11) is 0. The number of hydrogen-bond acceptors (Lipinski definition) is 4. The second kappa shape index (κ2) is 9.09. The Bertz CT molecular complexity index is 1020. The first-order chi connectivity index (χ1) is 15.0. The molecular formula is C23H21ClN2O4S. The number of aliphatic carboxylic acids is 1. The van der Waals surface area contributed by atoms with E-state index >= 15 is 0 Å². The van der Waals surface area contributed by atoms with Crippen molar-refractivity contribution in [3.8, 4) is 0 Å². The monoisotopic (exact) mass is 456 g/mol. The lowest BCUT2D eigenvalue weighted by Crippen LogP contribution is -2.71. The van der Waals surface area contributed by atoms with Gasteiger partial charge in [-0.3, -0.25) is 4.90 Å². The number of hydrogen-bond donors (Lipinski definition) is 3. The lowest BCUT2D eigenvalue weighted by atomic mass is 9.83. The normalized spacial score (nSPS) is 20.4. The van der Waals surface area contributed by atoms with Crippen molar-refractivity contribution in [1.82, 2.24) is 10.2 Å². The van der Waals surface area contributed by atoms with E-state index in [1.165, 1.54) is 11.3 Å². The smallest absolute Gasteiger partial charge is 0.327 e. The number of rotatable bonds is 6. The van der Waals surface area contributed by atoms with Crippen molar-refractivity contribution in [3.63, 3.8) is 0 Å². The zero-order chi connectivity index (χ0) is 22.0. The minimum Gasteiger partial charge on any atom is -0.480 e. The summed E-state index contributed by atoms with van der Waals surface area (Å²) in [5, 5.41) is 23.3. The molecule has 0 spiro atoms. The molecule has 1 fully saturated rings. The maximum atomic E-state index is 13.1. The first-order valence-electron chi connectivity index (χ1n) is 9.79. The fourth-order valence-electron chi connectivity index (χ4n) is 3.95. The molecule has 1 unspecified atom stereocenters. The first kappa shape index (κ1) is 21.4. The summed E-state index contributed by atoms with van der Waals surface area (Å²) in [5.41, 5.74) is 1.71. The van der Waals surface area contributed by atoms with Crippen LogP contribution in [0.15, 0.2) is 72.8 Å². The van der Waals surface area contributed by atoms with Gasteiger partial charge in [-0.05, 0) is 29.7 Å². The third-order valence-corrected chi connectivity index (χ3v) is 6.71. The van der Waals surface area contributed by atoms with Gasteiger partial charge >= 0.3 is 12.0 Å². The van der Waals surface area contributed by atoms with E-state index < -0.39 is 36.2 Å². The Morgan fingerprint density at radius 2 is 1.58 bits per heavy atom. The van der Waals surface area contributed by atoms with Gasteiger partial charge in [-0.2, -0.15) is 0 Å². The number of nitrogens with zero attached hydrogens (tertiary/aromatic N) is 1. The van der Waals surface area contributed by atoms with Crippen LogP contribution in [-0.2, 0) is 11.2 Å². The Hall–Kier alpha value is -2.87. The van der Waals surface area contributed by atoms with E-state index in [0.29, 0.717) is 10.8 Å². The maximum Gasteiger partial charge on any atom is 0.327 e. The number of aliphatic hydroxyl groups is 1. The zero-order valence-corrected chi connectivity index (χ0v) is 18.0. The molecule has 0 radical (unpaired) electrons. The summed E-state index contributed by atoms with van der Waals surface area (Å²) in [4.78, 5) is 26.9. The lowest BCUT2D eigenvalue weighted by molar-refractivity contribution is -0.180. The second-order valence-corrected chi connectivity index (χ2v) is 9.18. The number of thiophene rings is 1. The average Bonchev–Trinajstić information content (AvgIpc) is 3.19. The quantitative estimate of drug-likeness (QED) is 0.520. The number of carboxylic acids is 1. The molecule has 1 saturated heterocycles. The summed E-state index contributed by atoms with van der Waals surface area (Å²) in [5.74, 6) is -1.76. The minimum absolute atomic E-state index is 0.333. The number of carbonyl (C=O) groups is 2. The Morgan fingerprint density at radius 3 is 2.06 bits per heavy atom. The number of amides is 2. The highest BCUT2D eigenvalue weighted by atomic mass is 35.5. The predicted octanol–water partition coefficient (Wildman–Crippen LogP) is 4.15. The number of carbonyl (C=O) groups excluding carboxylic acids is 1. The predicted molar refractivity (Wildman–Crippen MR) is 119 cm³/mol. The van der Waals surface area contributed by atoms with Crippen molar-refractivity contribution in [2.45, 2.75) is 24.7 Å². The molecule has 1 aliphatic rings. The van der Waals surface area contributed by atoms with Crippen molar-refractivity contribution < 1.29 is 19.8 Å². The van der Waals surface area contributed by atoms with Crippen LogP contribution in [0.4, 0.5) is 4.79 Å². The number of halogens is 1. The fraction of sp³-hybridized carbons (Fsp3) is 0.217. The molecule has 1 aliphatic heterocycles. The number of likely N-dealkylation sites (tertiary alicyclic amines) is 1. The van der Waals surface area contributed by atoms with Crippen molar-refractivity contribution in [1.29, 1.82) is 0 Å². The Balaban J connectivity index is 1.55. The highest BCUT2D eigenvalue weighted by molar-refractivity contribution is 7.16. The van der Waals surface area contributed by atoms with Crippen molar-refractivity contribution >= 4 is 34.9 Å². The Labute approximate surface area is 188 Å². The summed E-state index contributed by atoms with van der Waals surface area (Å²) in [6.45, 7) is 0. The van der Waals surface area contributed by atoms with Crippen molar-refractivity contribution in [3.05, 3.63) is 93.1 Å². The molecule has 0 saturated carbocycles. The largest absolute Gasteiger partial charge is 0.480 e. The van der Waals surface area contributed by atoms with Gasteiger partial charge in [0.1, 0.15) is 12.3 Å². The molecule has 2 amide bonds. The molecule has 6 nitrogen and oxygen atoms in total. The summed E-state index contributed by atoms with van der Waals surface area (Å²) >= 11 is 7.30. The third-order valence-electron chi connectivity index (χ3n) is 5.46. The van der Waals surface area contributed by atoms with Crippen LogP contribution in [0.2, 0.25) is 4.34 Å². The summed E-state index contributed by atoms with van der Waals surface area (Å²) in [6.07, 6.45) is -0.866. The fourth-order valence-corrected chi connectivity index (χ4v) is 5.10. The van der Waals surface area contributed by atoms with Gasteiger partial charge in [0.25, 0.3) is 0 Å². The van der Waals surface area contributed by atoms with Crippen LogP contribution in [0.3, 0.4) is 0 Å². The van der Waals surface area contributed by atoms with E-state index in [1.54, 1.807) is 6.07 Å². The molecular weight excluding hydrogens is 436 g/mol. The van der Waals surface area contributed by atoms with Crippen LogP contribution in [0, 0.1) is 5.92 Å². The SMILES string of the molecule is O=C(O)[C@@H]1[C@@H](Cc2ccc(Cl)s2)C(O)N1C(=O)NC(c1ccccc1)c1ccccc1. The molecule has 0 bridgehead atoms. The molecule has 3 aromatic rings. The van der Waals surface area contributed by atoms with Gasteiger partial charge in [0.15, 0.2) is 0 Å². The van der Waals surface area contributed by atoms with Crippen LogP contribution in [0.5, 0.6) is 0 Å². The van der Waals surface area contributed by atoms with E-state index in [9.17, 15) is 19.8 Å². The topological polar surface area (TPSA) is 89.9 Å². The van der Waals surface area contributed by atoms with E-state index in [4.69, 9.17) is 11.6 Å². The molecule has 2 aromatic carbocycles. The first-order valence-corrected chi connectivity index (χ1v) is 11.0. The van der Waals surface area contributed by atoms with Crippen molar-refractivity contribution in [2.24, 2.45) is 5.92 Å². The number of carboxylic acid groups (broad SMARTS) is 1. The molecule has 4 rings (SSSR count). The maximum absolute atomic E-state index is 13.1. The van der Waals surface area contributed by atoms with Crippen molar-refractivity contribution in [2.75, 3.05) is 0 Å². The van der Waals surface area contributed by atoms with E-state index in [0.717, 1.165) is 20.9 Å². The Kier molecular flexibility index (Phi) is 6.27. The minimum atomic E-state index is -1.20. The van der Waals surface area contributed by atoms with E-state index in [2.05, 4.69) is 5.32 Å². The van der Waals surface area contributed by atoms with Gasteiger partial charge in [0.2, 0.25) is 0 Å². The molecule has 3 N–H and O–H groups in total. The number of urea groups is 1. The summed E-state index contributed by atoms with van der Waals surface area (Å²) < 4.78 is 0.596. The Morgan fingerprint density at radius 1 is 1.00 bits per heavy atom. The van der Waals surface area contributed by atoms with Gasteiger partial charge in [-0.1, -0.05) is 72.3 Å². The van der Waals surface area contributed by atoms with E-state index in [1.807, 2.05) is 66.7 Å². The van der Waals surface area contributed by atoms with Crippen LogP contribution < -0.4 is 5.32 Å². The van der Waals surface area contributed by atoms with E-state index in [-0.39, 0.29) is 0 Å². The van der Waals surface area contributed by atoms with Crippen LogP contribution in [0.25, 0.3) is 0 Å². The van der Waals surface area contributed by atoms with Gasteiger partial charge in [-0.15, -0.1) is 11.3 Å². The van der Waals surface area contributed by atoms with Gasteiger partial charge in [0, 0.05) is 10.8 Å². The van der Waals surface area contributed by atoms with Crippen LogP contribution >= 0.6 is 22.9 Å². The second-order valence-electron chi connectivity index (χ2n) is 7.38. The highest BCUT2D eigenvalue weighted by Crippen LogP contribution is 2.37.